The number of carbonyl (C=O) groups excluding carboxylic acids is 1. The maximum atomic E-state index is 13.4. The van der Waals surface area contributed by atoms with Crippen molar-refractivity contribution in [1.29, 1.82) is 0 Å². The van der Waals surface area contributed by atoms with Crippen molar-refractivity contribution in [2.45, 2.75) is 12.8 Å². The predicted octanol–water partition coefficient (Wildman–Crippen LogP) is 2.51. The number of Topliss-reactive ketones (excluding diaryl/α,β-unsaturated/α-hetero) is 1. The van der Waals surface area contributed by atoms with Crippen molar-refractivity contribution >= 4 is 5.78 Å². The molecule has 0 fully saturated rings. The fraction of sp³-hybridized carbons (Fsp3) is 0.231. The Balaban J connectivity index is 2.06. The van der Waals surface area contributed by atoms with Gasteiger partial charge >= 0.3 is 0 Å². The highest BCUT2D eigenvalue weighted by molar-refractivity contribution is 5.96. The molecule has 0 saturated heterocycles. The zero-order chi connectivity index (χ0) is 13.1. The lowest BCUT2D eigenvalue weighted by Crippen LogP contribution is -2.07. The van der Waals surface area contributed by atoms with Gasteiger partial charge in [-0.1, -0.05) is 0 Å². The molecule has 1 heterocycles. The first-order chi connectivity index (χ1) is 8.58. The Morgan fingerprint density at radius 3 is 2.78 bits per heavy atom. The lowest BCUT2D eigenvalue weighted by molar-refractivity contribution is 0.0978. The largest absolute Gasteiger partial charge is 0.338 e. The highest BCUT2D eigenvalue weighted by atomic mass is 19.1. The molecule has 0 bridgehead atoms. The Labute approximate surface area is 103 Å². The van der Waals surface area contributed by atoms with Crippen LogP contribution in [0.4, 0.5) is 8.78 Å². The van der Waals surface area contributed by atoms with Gasteiger partial charge in [-0.2, -0.15) is 0 Å². The van der Waals surface area contributed by atoms with Crippen LogP contribution in [0.5, 0.6) is 0 Å². The van der Waals surface area contributed by atoms with Crippen LogP contribution in [0.25, 0.3) is 0 Å². The van der Waals surface area contributed by atoms with E-state index in [-0.39, 0.29) is 17.8 Å². The molecule has 94 valence electrons. The second kappa shape index (κ2) is 5.08. The van der Waals surface area contributed by atoms with Crippen molar-refractivity contribution in [3.8, 4) is 0 Å². The first-order valence-corrected chi connectivity index (χ1v) is 5.52. The number of halogens is 2. The smallest absolute Gasteiger partial charge is 0.166 e. The molecule has 0 unspecified atom stereocenters. The predicted molar refractivity (Wildman–Crippen MR) is 62.2 cm³/mol. The molecular formula is C13H12F2N2O. The molecule has 3 nitrogen and oxygen atoms in total. The van der Waals surface area contributed by atoms with Crippen LogP contribution in [-0.2, 0) is 13.5 Å². The topological polar surface area (TPSA) is 34.9 Å². The Hall–Kier alpha value is -2.04. The van der Waals surface area contributed by atoms with Gasteiger partial charge in [-0.05, 0) is 12.1 Å². The molecule has 0 spiro atoms. The molecule has 0 atom stereocenters. The van der Waals surface area contributed by atoms with E-state index in [0.717, 1.165) is 11.9 Å². The van der Waals surface area contributed by atoms with Gasteiger partial charge in [0.1, 0.15) is 17.5 Å². The first kappa shape index (κ1) is 12.4. The van der Waals surface area contributed by atoms with E-state index in [1.54, 1.807) is 17.0 Å². The number of rotatable bonds is 4. The summed E-state index contributed by atoms with van der Waals surface area (Å²) < 4.78 is 27.9. The van der Waals surface area contributed by atoms with Crippen LogP contribution in [0.15, 0.2) is 30.6 Å². The molecular weight excluding hydrogens is 238 g/mol. The molecule has 5 heteroatoms. The van der Waals surface area contributed by atoms with Gasteiger partial charge in [-0.15, -0.1) is 0 Å². The maximum Gasteiger partial charge on any atom is 0.166 e. The summed E-state index contributed by atoms with van der Waals surface area (Å²) in [6.45, 7) is 0. The van der Waals surface area contributed by atoms with Crippen LogP contribution in [-0.4, -0.2) is 15.3 Å². The van der Waals surface area contributed by atoms with E-state index in [4.69, 9.17) is 0 Å². The van der Waals surface area contributed by atoms with E-state index in [2.05, 4.69) is 4.98 Å². The summed E-state index contributed by atoms with van der Waals surface area (Å²) >= 11 is 0. The fourth-order valence-electron chi connectivity index (χ4n) is 1.71. The molecule has 0 saturated carbocycles. The normalized spacial score (nSPS) is 10.6. The zero-order valence-electron chi connectivity index (χ0n) is 9.86. The Kier molecular flexibility index (Phi) is 3.50. The van der Waals surface area contributed by atoms with Crippen molar-refractivity contribution in [2.75, 3.05) is 0 Å². The van der Waals surface area contributed by atoms with Gasteiger partial charge in [0.05, 0.1) is 5.56 Å². The summed E-state index contributed by atoms with van der Waals surface area (Å²) in [6.07, 6.45) is 3.99. The molecule has 0 N–H and O–H groups in total. The number of carbonyl (C=O) groups is 1. The van der Waals surface area contributed by atoms with Crippen LogP contribution >= 0.6 is 0 Å². The summed E-state index contributed by atoms with van der Waals surface area (Å²) in [5, 5.41) is 0. The van der Waals surface area contributed by atoms with E-state index in [1.165, 1.54) is 6.07 Å². The van der Waals surface area contributed by atoms with Gasteiger partial charge in [0.25, 0.3) is 0 Å². The molecule has 0 aliphatic carbocycles. The SMILES string of the molecule is Cn1ccnc1CCC(=O)c1ccc(F)cc1F. The lowest BCUT2D eigenvalue weighted by Gasteiger charge is -2.03. The van der Waals surface area contributed by atoms with Crippen LogP contribution < -0.4 is 0 Å². The molecule has 2 rings (SSSR count). The van der Waals surface area contributed by atoms with Gasteiger partial charge in [-0.3, -0.25) is 4.79 Å². The summed E-state index contributed by atoms with van der Waals surface area (Å²) in [5.74, 6) is -1.10. The number of nitrogens with zero attached hydrogens (tertiary/aromatic N) is 2. The van der Waals surface area contributed by atoms with Crippen molar-refractivity contribution in [2.24, 2.45) is 7.05 Å². The monoisotopic (exact) mass is 250 g/mol. The van der Waals surface area contributed by atoms with E-state index in [0.29, 0.717) is 12.5 Å². The van der Waals surface area contributed by atoms with Gasteiger partial charge in [0.2, 0.25) is 0 Å². The average Bonchev–Trinajstić information content (AvgIpc) is 2.72. The van der Waals surface area contributed by atoms with Gasteiger partial charge < -0.3 is 4.57 Å². The number of benzene rings is 1. The third-order valence-electron chi connectivity index (χ3n) is 2.73. The van der Waals surface area contributed by atoms with Crippen molar-refractivity contribution in [3.05, 3.63) is 53.6 Å². The van der Waals surface area contributed by atoms with E-state index < -0.39 is 11.6 Å². The molecule has 18 heavy (non-hydrogen) atoms. The minimum atomic E-state index is -0.820. The number of aryl methyl sites for hydroxylation is 2. The fourth-order valence-corrected chi connectivity index (χ4v) is 1.71. The number of hydrogen-bond donors (Lipinski definition) is 0. The van der Waals surface area contributed by atoms with E-state index in [9.17, 15) is 13.6 Å². The Bertz CT molecular complexity index is 578. The number of ketones is 1. The van der Waals surface area contributed by atoms with Crippen LogP contribution in [0, 0.1) is 11.6 Å². The zero-order valence-corrected chi connectivity index (χ0v) is 9.86. The molecule has 2 aromatic rings. The van der Waals surface area contributed by atoms with Crippen LogP contribution in [0.3, 0.4) is 0 Å². The second-order valence-electron chi connectivity index (χ2n) is 4.00. The second-order valence-corrected chi connectivity index (χ2v) is 4.00. The van der Waals surface area contributed by atoms with Crippen LogP contribution in [0.2, 0.25) is 0 Å². The number of hydrogen-bond acceptors (Lipinski definition) is 2. The third-order valence-corrected chi connectivity index (χ3v) is 2.73. The highest BCUT2D eigenvalue weighted by Crippen LogP contribution is 2.13. The summed E-state index contributed by atoms with van der Waals surface area (Å²) in [7, 11) is 1.82. The van der Waals surface area contributed by atoms with E-state index in [1.807, 2.05) is 7.05 Å². The number of aromatic nitrogens is 2. The van der Waals surface area contributed by atoms with Crippen LogP contribution in [0.1, 0.15) is 22.6 Å². The lowest BCUT2D eigenvalue weighted by atomic mass is 10.1. The van der Waals surface area contributed by atoms with E-state index >= 15 is 0 Å². The van der Waals surface area contributed by atoms with Gasteiger partial charge in [0, 0.05) is 38.3 Å². The molecule has 1 aromatic heterocycles. The van der Waals surface area contributed by atoms with Crippen molar-refractivity contribution in [1.82, 2.24) is 9.55 Å². The minimum absolute atomic E-state index is 0.0781. The third kappa shape index (κ3) is 2.61. The summed E-state index contributed by atoms with van der Waals surface area (Å²) in [6, 6.07) is 2.97. The van der Waals surface area contributed by atoms with Crippen molar-refractivity contribution in [3.63, 3.8) is 0 Å². The molecule has 0 aliphatic rings. The highest BCUT2D eigenvalue weighted by Gasteiger charge is 2.13. The number of imidazole rings is 1. The molecule has 1 aromatic carbocycles. The van der Waals surface area contributed by atoms with Crippen molar-refractivity contribution < 1.29 is 13.6 Å². The standard InChI is InChI=1S/C13H12F2N2O/c1-17-7-6-16-13(17)5-4-12(18)10-3-2-9(14)8-11(10)15/h2-3,6-8H,4-5H2,1H3. The molecule has 0 aliphatic heterocycles. The first-order valence-electron chi connectivity index (χ1n) is 5.52. The van der Waals surface area contributed by atoms with Gasteiger partial charge in [0.15, 0.2) is 5.78 Å². The average molecular weight is 250 g/mol. The van der Waals surface area contributed by atoms with Gasteiger partial charge in [-0.25, -0.2) is 13.8 Å². The summed E-state index contributed by atoms with van der Waals surface area (Å²) in [4.78, 5) is 15.9. The minimum Gasteiger partial charge on any atom is -0.338 e. The Morgan fingerprint density at radius 1 is 1.39 bits per heavy atom. The summed E-state index contributed by atoms with van der Waals surface area (Å²) in [5.41, 5.74) is -0.0781. The molecule has 0 amide bonds. The Morgan fingerprint density at radius 2 is 2.17 bits per heavy atom. The molecule has 0 radical (unpaired) electrons. The quantitative estimate of drug-likeness (QED) is 0.781. The maximum absolute atomic E-state index is 13.4.